The first kappa shape index (κ1) is 15.3. The summed E-state index contributed by atoms with van der Waals surface area (Å²) in [4.78, 5) is 0. The second kappa shape index (κ2) is 6.98. The summed E-state index contributed by atoms with van der Waals surface area (Å²) in [6.45, 7) is 4.06. The zero-order valence-electron chi connectivity index (χ0n) is 11.1. The van der Waals surface area contributed by atoms with Crippen molar-refractivity contribution in [2.24, 2.45) is 11.5 Å². The van der Waals surface area contributed by atoms with E-state index in [4.69, 9.17) is 23.1 Å². The topological polar surface area (TPSA) is 72.3 Å². The minimum Gasteiger partial charge on any atom is -0.507 e. The van der Waals surface area contributed by atoms with Crippen LogP contribution in [0.2, 0.25) is 5.02 Å². The number of aromatic hydroxyl groups is 1. The molecule has 3 nitrogen and oxygen atoms in total. The molecule has 0 aromatic heterocycles. The van der Waals surface area contributed by atoms with Crippen LogP contribution in [0.1, 0.15) is 37.8 Å². The summed E-state index contributed by atoms with van der Waals surface area (Å²) >= 11 is 6.08. The highest BCUT2D eigenvalue weighted by Crippen LogP contribution is 2.29. The molecule has 102 valence electrons. The number of benzene rings is 1. The molecule has 0 radical (unpaired) electrons. The van der Waals surface area contributed by atoms with Crippen LogP contribution in [0.25, 0.3) is 0 Å². The molecule has 0 heterocycles. The highest BCUT2D eigenvalue weighted by Gasteiger charge is 2.13. The summed E-state index contributed by atoms with van der Waals surface area (Å²) in [5.74, 6) is 0.298. The van der Waals surface area contributed by atoms with Gasteiger partial charge in [-0.2, -0.15) is 0 Å². The minimum atomic E-state index is 0.0436. The van der Waals surface area contributed by atoms with Gasteiger partial charge in [0.2, 0.25) is 0 Å². The van der Waals surface area contributed by atoms with E-state index in [0.29, 0.717) is 23.6 Å². The van der Waals surface area contributed by atoms with Crippen LogP contribution in [0.4, 0.5) is 0 Å². The van der Waals surface area contributed by atoms with Crippen LogP contribution in [0.3, 0.4) is 0 Å². The fraction of sp³-hybridized carbons (Fsp3) is 0.571. The SMILES string of the molecule is CCC(N)Cc1cc(Cl)cc(CC(N)CC)c1O. The number of nitrogens with two attached hydrogens (primary N) is 2. The molecule has 4 heteroatoms. The van der Waals surface area contributed by atoms with Crippen molar-refractivity contribution < 1.29 is 5.11 Å². The molecular formula is C14H23ClN2O. The maximum absolute atomic E-state index is 10.2. The zero-order chi connectivity index (χ0) is 13.7. The normalized spacial score (nSPS) is 14.5. The van der Waals surface area contributed by atoms with E-state index in [1.807, 2.05) is 13.8 Å². The van der Waals surface area contributed by atoms with Crippen molar-refractivity contribution in [1.82, 2.24) is 0 Å². The molecule has 0 aliphatic rings. The molecule has 2 atom stereocenters. The Hall–Kier alpha value is -0.770. The average molecular weight is 271 g/mol. The summed E-state index contributed by atoms with van der Waals surface area (Å²) in [6.07, 6.45) is 3.01. The maximum atomic E-state index is 10.2. The zero-order valence-corrected chi connectivity index (χ0v) is 11.9. The number of rotatable bonds is 6. The van der Waals surface area contributed by atoms with Crippen LogP contribution in [0.15, 0.2) is 12.1 Å². The molecule has 0 fully saturated rings. The van der Waals surface area contributed by atoms with Crippen molar-refractivity contribution in [2.45, 2.75) is 51.6 Å². The monoisotopic (exact) mass is 270 g/mol. The molecule has 0 spiro atoms. The number of hydrogen-bond acceptors (Lipinski definition) is 3. The molecule has 1 aromatic carbocycles. The quantitative estimate of drug-likeness (QED) is 0.744. The van der Waals surface area contributed by atoms with Gasteiger partial charge >= 0.3 is 0 Å². The second-order valence-corrected chi connectivity index (χ2v) is 5.25. The molecule has 5 N–H and O–H groups in total. The Labute approximate surface area is 114 Å². The highest BCUT2D eigenvalue weighted by molar-refractivity contribution is 6.30. The number of halogens is 1. The van der Waals surface area contributed by atoms with Gasteiger partial charge in [0.25, 0.3) is 0 Å². The van der Waals surface area contributed by atoms with Gasteiger partial charge in [-0.3, -0.25) is 0 Å². The van der Waals surface area contributed by atoms with Crippen molar-refractivity contribution in [3.63, 3.8) is 0 Å². The van der Waals surface area contributed by atoms with Crippen LogP contribution >= 0.6 is 11.6 Å². The van der Waals surface area contributed by atoms with E-state index < -0.39 is 0 Å². The Morgan fingerprint density at radius 3 is 1.78 bits per heavy atom. The Bertz CT molecular complexity index is 362. The van der Waals surface area contributed by atoms with E-state index in [1.165, 1.54) is 0 Å². The molecule has 2 unspecified atom stereocenters. The molecule has 1 aromatic rings. The van der Waals surface area contributed by atoms with E-state index in [0.717, 1.165) is 24.0 Å². The third kappa shape index (κ3) is 4.16. The predicted molar refractivity (Wildman–Crippen MR) is 77.1 cm³/mol. The van der Waals surface area contributed by atoms with Crippen LogP contribution in [-0.2, 0) is 12.8 Å². The Kier molecular flexibility index (Phi) is 5.93. The van der Waals surface area contributed by atoms with Gasteiger partial charge < -0.3 is 16.6 Å². The molecular weight excluding hydrogens is 248 g/mol. The van der Waals surface area contributed by atoms with Crippen LogP contribution in [0, 0.1) is 0 Å². The van der Waals surface area contributed by atoms with Gasteiger partial charge in [-0.1, -0.05) is 25.4 Å². The molecule has 0 saturated carbocycles. The molecule has 18 heavy (non-hydrogen) atoms. The van der Waals surface area contributed by atoms with Gasteiger partial charge in [-0.15, -0.1) is 0 Å². The molecule has 0 aliphatic carbocycles. The van der Waals surface area contributed by atoms with Gasteiger partial charge in [0, 0.05) is 17.1 Å². The standard InChI is InChI=1S/C14H23ClN2O/c1-3-12(16)7-9-5-11(15)6-10(14(9)18)8-13(17)4-2/h5-6,12-13,18H,3-4,7-8,16-17H2,1-2H3. The van der Waals surface area contributed by atoms with Crippen LogP contribution < -0.4 is 11.5 Å². The highest BCUT2D eigenvalue weighted by atomic mass is 35.5. The van der Waals surface area contributed by atoms with Crippen molar-refractivity contribution >= 4 is 11.6 Å². The van der Waals surface area contributed by atoms with E-state index >= 15 is 0 Å². The number of phenols is 1. The van der Waals surface area contributed by atoms with E-state index in [1.54, 1.807) is 12.1 Å². The lowest BCUT2D eigenvalue weighted by atomic mass is 9.97. The van der Waals surface area contributed by atoms with Crippen LogP contribution in [-0.4, -0.2) is 17.2 Å². The van der Waals surface area contributed by atoms with Crippen LogP contribution in [0.5, 0.6) is 5.75 Å². The van der Waals surface area contributed by atoms with Crippen molar-refractivity contribution in [3.8, 4) is 5.75 Å². The summed E-state index contributed by atoms with van der Waals surface area (Å²) in [5, 5.41) is 10.9. The number of hydrogen-bond donors (Lipinski definition) is 3. The van der Waals surface area contributed by atoms with E-state index in [9.17, 15) is 5.11 Å². The molecule has 0 bridgehead atoms. The fourth-order valence-corrected chi connectivity index (χ4v) is 2.15. The molecule has 1 rings (SSSR count). The lowest BCUT2D eigenvalue weighted by Gasteiger charge is -2.16. The minimum absolute atomic E-state index is 0.0436. The lowest BCUT2D eigenvalue weighted by Crippen LogP contribution is -2.23. The van der Waals surface area contributed by atoms with E-state index in [-0.39, 0.29) is 12.1 Å². The summed E-state index contributed by atoms with van der Waals surface area (Å²) in [7, 11) is 0. The van der Waals surface area contributed by atoms with Gasteiger partial charge in [-0.25, -0.2) is 0 Å². The van der Waals surface area contributed by atoms with Crippen molar-refractivity contribution in [2.75, 3.05) is 0 Å². The first-order chi connectivity index (χ1) is 8.47. The average Bonchev–Trinajstić information content (AvgIpc) is 2.34. The third-order valence-corrected chi connectivity index (χ3v) is 3.46. The van der Waals surface area contributed by atoms with E-state index in [2.05, 4.69) is 0 Å². The largest absolute Gasteiger partial charge is 0.507 e. The molecule has 0 amide bonds. The first-order valence-corrected chi connectivity index (χ1v) is 6.87. The maximum Gasteiger partial charge on any atom is 0.122 e. The van der Waals surface area contributed by atoms with Gasteiger partial charge in [0.1, 0.15) is 5.75 Å². The Morgan fingerprint density at radius 1 is 1.06 bits per heavy atom. The summed E-state index contributed by atoms with van der Waals surface area (Å²) in [5.41, 5.74) is 13.5. The first-order valence-electron chi connectivity index (χ1n) is 6.49. The second-order valence-electron chi connectivity index (χ2n) is 4.82. The molecule has 0 saturated heterocycles. The van der Waals surface area contributed by atoms with Gasteiger partial charge in [0.15, 0.2) is 0 Å². The van der Waals surface area contributed by atoms with Gasteiger partial charge in [-0.05, 0) is 48.9 Å². The lowest BCUT2D eigenvalue weighted by molar-refractivity contribution is 0.453. The fourth-order valence-electron chi connectivity index (χ4n) is 1.88. The Morgan fingerprint density at radius 2 is 1.44 bits per heavy atom. The summed E-state index contributed by atoms with van der Waals surface area (Å²) < 4.78 is 0. The Balaban J connectivity index is 2.98. The predicted octanol–water partition coefficient (Wildman–Crippen LogP) is 2.61. The third-order valence-electron chi connectivity index (χ3n) is 3.25. The summed E-state index contributed by atoms with van der Waals surface area (Å²) in [6, 6.07) is 3.66. The van der Waals surface area contributed by atoms with Gasteiger partial charge in [0.05, 0.1) is 0 Å². The van der Waals surface area contributed by atoms with Crippen molar-refractivity contribution in [1.29, 1.82) is 0 Å². The number of phenolic OH excluding ortho intramolecular Hbond substituents is 1. The van der Waals surface area contributed by atoms with Crippen molar-refractivity contribution in [3.05, 3.63) is 28.3 Å². The smallest absolute Gasteiger partial charge is 0.122 e. The molecule has 0 aliphatic heterocycles.